The predicted molar refractivity (Wildman–Crippen MR) is 110 cm³/mol. The van der Waals surface area contributed by atoms with Crippen molar-refractivity contribution in [3.05, 3.63) is 65.2 Å². The van der Waals surface area contributed by atoms with Crippen molar-refractivity contribution in [1.29, 1.82) is 0 Å². The Morgan fingerprint density at radius 1 is 1.04 bits per heavy atom. The topological polar surface area (TPSA) is 75.6 Å². The number of hydrogen-bond acceptors (Lipinski definition) is 3. The fourth-order valence-corrected chi connectivity index (χ4v) is 2.85. The van der Waals surface area contributed by atoms with Gasteiger partial charge in [-0.1, -0.05) is 64.1 Å². The molecule has 0 aromatic heterocycles. The first-order chi connectivity index (χ1) is 13.2. The number of carbonyl (C=O) groups is 2. The maximum absolute atomic E-state index is 12.3. The Labute approximate surface area is 166 Å². The highest BCUT2D eigenvalue weighted by atomic mass is 16.5. The van der Waals surface area contributed by atoms with Gasteiger partial charge in [-0.2, -0.15) is 0 Å². The third-order valence-corrected chi connectivity index (χ3v) is 4.59. The van der Waals surface area contributed by atoms with Gasteiger partial charge >= 0.3 is 5.97 Å². The van der Waals surface area contributed by atoms with Gasteiger partial charge in [0, 0.05) is 0 Å². The number of carboxylic acid groups (broad SMARTS) is 1. The molecule has 0 aliphatic rings. The van der Waals surface area contributed by atoms with Crippen LogP contribution in [0.2, 0.25) is 0 Å². The third-order valence-electron chi connectivity index (χ3n) is 4.59. The molecule has 0 aliphatic heterocycles. The van der Waals surface area contributed by atoms with Gasteiger partial charge in [0.15, 0.2) is 6.61 Å². The molecule has 2 aromatic rings. The Bertz CT molecular complexity index is 789. The molecule has 0 aliphatic carbocycles. The number of amides is 1. The van der Waals surface area contributed by atoms with Crippen molar-refractivity contribution in [1.82, 2.24) is 5.32 Å². The van der Waals surface area contributed by atoms with Crippen LogP contribution in [0.4, 0.5) is 0 Å². The van der Waals surface area contributed by atoms with Crippen LogP contribution in [0.3, 0.4) is 0 Å². The summed E-state index contributed by atoms with van der Waals surface area (Å²) in [6.07, 6.45) is 0.747. The fraction of sp³-hybridized carbons (Fsp3) is 0.391. The van der Waals surface area contributed by atoms with Crippen molar-refractivity contribution in [3.63, 3.8) is 0 Å². The minimum Gasteiger partial charge on any atom is -0.484 e. The molecule has 1 atom stereocenters. The number of aryl methyl sites for hydroxylation is 1. The highest BCUT2D eigenvalue weighted by Gasteiger charge is 2.20. The standard InChI is InChI=1S/C23H29NO4/c1-5-16-6-12-19(13-7-16)28-15-21(25)24-20(14-22(26)27)17-8-10-18(11-9-17)23(2,3)4/h6-13,20H,5,14-15H2,1-4H3,(H,24,25)(H,26,27)/t20-/m0/s1. The molecule has 0 bridgehead atoms. The summed E-state index contributed by atoms with van der Waals surface area (Å²) in [6.45, 7) is 8.25. The summed E-state index contributed by atoms with van der Waals surface area (Å²) in [4.78, 5) is 23.5. The summed E-state index contributed by atoms with van der Waals surface area (Å²) in [5.41, 5.74) is 3.11. The lowest BCUT2D eigenvalue weighted by molar-refractivity contribution is -0.137. The van der Waals surface area contributed by atoms with Crippen LogP contribution < -0.4 is 10.1 Å². The van der Waals surface area contributed by atoms with E-state index in [1.54, 1.807) is 0 Å². The lowest BCUT2D eigenvalue weighted by atomic mass is 9.86. The number of ether oxygens (including phenoxy) is 1. The third kappa shape index (κ3) is 6.41. The number of hydrogen-bond donors (Lipinski definition) is 2. The Balaban J connectivity index is 2.02. The Morgan fingerprint density at radius 3 is 2.14 bits per heavy atom. The van der Waals surface area contributed by atoms with Gasteiger partial charge in [-0.15, -0.1) is 0 Å². The van der Waals surface area contributed by atoms with Crippen molar-refractivity contribution < 1.29 is 19.4 Å². The van der Waals surface area contributed by atoms with E-state index >= 15 is 0 Å². The minimum absolute atomic E-state index is 0.00520. The molecule has 2 rings (SSSR count). The number of rotatable bonds is 8. The average Bonchev–Trinajstić information content (AvgIpc) is 2.65. The predicted octanol–water partition coefficient (Wildman–Crippen LogP) is 4.26. The Hall–Kier alpha value is -2.82. The van der Waals surface area contributed by atoms with E-state index in [2.05, 4.69) is 33.0 Å². The molecule has 5 heteroatoms. The minimum atomic E-state index is -0.971. The molecule has 1 amide bonds. The van der Waals surface area contributed by atoms with Crippen LogP contribution in [0.25, 0.3) is 0 Å². The second-order valence-corrected chi connectivity index (χ2v) is 7.88. The molecule has 0 heterocycles. The van der Waals surface area contributed by atoms with Crippen molar-refractivity contribution >= 4 is 11.9 Å². The van der Waals surface area contributed by atoms with Crippen LogP contribution >= 0.6 is 0 Å². The molecule has 0 unspecified atom stereocenters. The lowest BCUT2D eigenvalue weighted by Crippen LogP contribution is -2.34. The first-order valence-electron chi connectivity index (χ1n) is 9.52. The molecule has 0 saturated heterocycles. The van der Waals surface area contributed by atoms with Crippen molar-refractivity contribution in [2.24, 2.45) is 0 Å². The maximum Gasteiger partial charge on any atom is 0.305 e. The van der Waals surface area contributed by atoms with E-state index in [9.17, 15) is 14.7 Å². The summed E-state index contributed by atoms with van der Waals surface area (Å²) >= 11 is 0. The smallest absolute Gasteiger partial charge is 0.305 e. The number of nitrogens with one attached hydrogen (secondary N) is 1. The second kappa shape index (κ2) is 9.40. The van der Waals surface area contributed by atoms with Gasteiger partial charge in [0.2, 0.25) is 0 Å². The van der Waals surface area contributed by atoms with E-state index in [0.717, 1.165) is 17.5 Å². The van der Waals surface area contributed by atoms with E-state index in [1.807, 2.05) is 48.5 Å². The van der Waals surface area contributed by atoms with Crippen LogP contribution in [0.5, 0.6) is 5.75 Å². The zero-order chi connectivity index (χ0) is 20.7. The molecular weight excluding hydrogens is 354 g/mol. The first-order valence-corrected chi connectivity index (χ1v) is 9.52. The number of benzene rings is 2. The van der Waals surface area contributed by atoms with Crippen molar-refractivity contribution in [2.75, 3.05) is 6.61 Å². The molecule has 2 aromatic carbocycles. The first kappa shape index (κ1) is 21.5. The van der Waals surface area contributed by atoms with Crippen LogP contribution in [-0.4, -0.2) is 23.6 Å². The van der Waals surface area contributed by atoms with Gasteiger partial charge in [-0.25, -0.2) is 0 Å². The summed E-state index contributed by atoms with van der Waals surface area (Å²) in [7, 11) is 0. The molecule has 0 radical (unpaired) electrons. The van der Waals surface area contributed by atoms with Crippen LogP contribution in [0, 0.1) is 0 Å². The van der Waals surface area contributed by atoms with Crippen LogP contribution in [0.1, 0.15) is 56.8 Å². The lowest BCUT2D eigenvalue weighted by Gasteiger charge is -2.22. The zero-order valence-corrected chi connectivity index (χ0v) is 17.0. The number of carbonyl (C=O) groups excluding carboxylic acids is 1. The summed E-state index contributed by atoms with van der Waals surface area (Å²) in [5.74, 6) is -0.719. The highest BCUT2D eigenvalue weighted by molar-refractivity contribution is 5.79. The molecular formula is C23H29NO4. The number of carboxylic acids is 1. The second-order valence-electron chi connectivity index (χ2n) is 7.88. The molecule has 150 valence electrons. The summed E-state index contributed by atoms with van der Waals surface area (Å²) in [5, 5.41) is 12.0. The number of aliphatic carboxylic acids is 1. The van der Waals surface area contributed by atoms with E-state index in [4.69, 9.17) is 4.74 Å². The van der Waals surface area contributed by atoms with Gasteiger partial charge < -0.3 is 15.2 Å². The van der Waals surface area contributed by atoms with Gasteiger partial charge in [0.25, 0.3) is 5.91 Å². The van der Waals surface area contributed by atoms with Gasteiger partial charge in [-0.3, -0.25) is 9.59 Å². The molecule has 28 heavy (non-hydrogen) atoms. The summed E-state index contributed by atoms with van der Waals surface area (Å²) in [6, 6.07) is 14.7. The highest BCUT2D eigenvalue weighted by Crippen LogP contribution is 2.25. The Morgan fingerprint density at radius 2 is 1.64 bits per heavy atom. The van der Waals surface area contributed by atoms with E-state index in [-0.39, 0.29) is 24.3 Å². The monoisotopic (exact) mass is 383 g/mol. The largest absolute Gasteiger partial charge is 0.484 e. The molecule has 0 spiro atoms. The fourth-order valence-electron chi connectivity index (χ4n) is 2.85. The molecule has 2 N–H and O–H groups in total. The normalized spacial score (nSPS) is 12.3. The molecule has 0 fully saturated rings. The van der Waals surface area contributed by atoms with Gasteiger partial charge in [0.05, 0.1) is 12.5 Å². The quantitative estimate of drug-likeness (QED) is 0.714. The van der Waals surface area contributed by atoms with Crippen LogP contribution in [-0.2, 0) is 21.4 Å². The SMILES string of the molecule is CCc1ccc(OCC(=O)N[C@@H](CC(=O)O)c2ccc(C(C)(C)C)cc2)cc1. The van der Waals surface area contributed by atoms with E-state index in [0.29, 0.717) is 5.75 Å². The van der Waals surface area contributed by atoms with E-state index < -0.39 is 12.0 Å². The Kier molecular flexibility index (Phi) is 7.21. The zero-order valence-electron chi connectivity index (χ0n) is 17.0. The van der Waals surface area contributed by atoms with Gasteiger partial charge in [0.1, 0.15) is 5.75 Å². The van der Waals surface area contributed by atoms with Crippen LogP contribution in [0.15, 0.2) is 48.5 Å². The molecule has 5 nitrogen and oxygen atoms in total. The summed E-state index contributed by atoms with van der Waals surface area (Å²) < 4.78 is 5.51. The van der Waals surface area contributed by atoms with E-state index in [1.165, 1.54) is 5.56 Å². The van der Waals surface area contributed by atoms with Crippen molar-refractivity contribution in [2.45, 2.75) is 52.0 Å². The van der Waals surface area contributed by atoms with Crippen molar-refractivity contribution in [3.8, 4) is 5.75 Å². The average molecular weight is 383 g/mol. The molecule has 0 saturated carbocycles. The maximum atomic E-state index is 12.3. The van der Waals surface area contributed by atoms with Gasteiger partial charge in [-0.05, 0) is 40.7 Å².